The van der Waals surface area contributed by atoms with E-state index in [1.807, 2.05) is 13.2 Å². The van der Waals surface area contributed by atoms with Gasteiger partial charge in [-0.1, -0.05) is 0 Å². The first-order valence-corrected chi connectivity index (χ1v) is 6.36. The van der Waals surface area contributed by atoms with E-state index in [9.17, 15) is 9.59 Å². The molecule has 15 heavy (non-hydrogen) atoms. The van der Waals surface area contributed by atoms with Crippen molar-refractivity contribution < 1.29 is 14.3 Å². The van der Waals surface area contributed by atoms with Crippen LogP contribution in [0.25, 0.3) is 0 Å². The lowest BCUT2D eigenvalue weighted by Gasteiger charge is -2.23. The zero-order valence-electron chi connectivity index (χ0n) is 9.78. The van der Waals surface area contributed by atoms with Crippen molar-refractivity contribution in [2.24, 2.45) is 0 Å². The van der Waals surface area contributed by atoms with Crippen molar-refractivity contribution >= 4 is 23.6 Å². The average molecular weight is 233 g/mol. The van der Waals surface area contributed by atoms with Gasteiger partial charge in [-0.25, -0.2) is 4.79 Å². The van der Waals surface area contributed by atoms with Gasteiger partial charge in [0.25, 0.3) is 0 Å². The molecule has 0 rings (SSSR count). The second-order valence-corrected chi connectivity index (χ2v) is 4.25. The fourth-order valence-corrected chi connectivity index (χ4v) is 1.60. The molecule has 1 unspecified atom stereocenters. The molecule has 0 fully saturated rings. The highest BCUT2D eigenvalue weighted by Crippen LogP contribution is 2.06. The number of carbonyl (C=O) groups is 2. The SMILES string of the molecule is CCOC(=O)C(=O)N(C)C(C)CCSC. The highest BCUT2D eigenvalue weighted by Gasteiger charge is 2.23. The van der Waals surface area contributed by atoms with E-state index >= 15 is 0 Å². The van der Waals surface area contributed by atoms with Gasteiger partial charge in [0.15, 0.2) is 0 Å². The fraction of sp³-hybridized carbons (Fsp3) is 0.800. The van der Waals surface area contributed by atoms with Gasteiger partial charge in [0.05, 0.1) is 6.61 Å². The van der Waals surface area contributed by atoms with Gasteiger partial charge in [0.2, 0.25) is 0 Å². The second kappa shape index (κ2) is 7.56. The van der Waals surface area contributed by atoms with Crippen LogP contribution in [0.15, 0.2) is 0 Å². The number of amides is 1. The Bertz CT molecular complexity index is 221. The molecule has 88 valence electrons. The van der Waals surface area contributed by atoms with E-state index in [2.05, 4.69) is 4.74 Å². The normalized spacial score (nSPS) is 12.0. The summed E-state index contributed by atoms with van der Waals surface area (Å²) in [6.07, 6.45) is 2.89. The molecule has 4 nitrogen and oxygen atoms in total. The van der Waals surface area contributed by atoms with E-state index in [1.165, 1.54) is 4.90 Å². The summed E-state index contributed by atoms with van der Waals surface area (Å²) in [4.78, 5) is 24.1. The lowest BCUT2D eigenvalue weighted by molar-refractivity contribution is -0.160. The summed E-state index contributed by atoms with van der Waals surface area (Å²) in [6, 6.07) is 0.0642. The van der Waals surface area contributed by atoms with Crippen LogP contribution >= 0.6 is 11.8 Å². The number of carbonyl (C=O) groups excluding carboxylic acids is 2. The van der Waals surface area contributed by atoms with E-state index in [0.29, 0.717) is 0 Å². The molecule has 5 heteroatoms. The molecule has 0 aliphatic heterocycles. The Morgan fingerprint density at radius 1 is 1.47 bits per heavy atom. The monoisotopic (exact) mass is 233 g/mol. The van der Waals surface area contributed by atoms with Crippen molar-refractivity contribution in [1.82, 2.24) is 4.90 Å². The minimum Gasteiger partial charge on any atom is -0.459 e. The van der Waals surface area contributed by atoms with E-state index in [0.717, 1.165) is 12.2 Å². The maximum atomic E-state index is 11.5. The van der Waals surface area contributed by atoms with E-state index in [4.69, 9.17) is 0 Å². The maximum Gasteiger partial charge on any atom is 0.397 e. The molecule has 0 saturated heterocycles. The third kappa shape index (κ3) is 5.06. The zero-order chi connectivity index (χ0) is 11.8. The van der Waals surface area contributed by atoms with E-state index < -0.39 is 11.9 Å². The largest absolute Gasteiger partial charge is 0.459 e. The molecule has 0 aromatic rings. The van der Waals surface area contributed by atoms with Crippen LogP contribution < -0.4 is 0 Å². The van der Waals surface area contributed by atoms with Crippen molar-refractivity contribution in [3.05, 3.63) is 0 Å². The Balaban J connectivity index is 4.12. The second-order valence-electron chi connectivity index (χ2n) is 3.27. The fourth-order valence-electron chi connectivity index (χ4n) is 1.02. The number of hydrogen-bond acceptors (Lipinski definition) is 4. The van der Waals surface area contributed by atoms with Crippen molar-refractivity contribution in [3.8, 4) is 0 Å². The maximum absolute atomic E-state index is 11.5. The molecule has 0 bridgehead atoms. The van der Waals surface area contributed by atoms with Crippen molar-refractivity contribution in [2.75, 3.05) is 25.7 Å². The standard InChI is InChI=1S/C10H19NO3S/c1-5-14-10(13)9(12)11(3)8(2)6-7-15-4/h8H,5-7H2,1-4H3. The molecule has 0 aromatic heterocycles. The highest BCUT2D eigenvalue weighted by molar-refractivity contribution is 7.98. The Labute approximate surface area is 95.3 Å². The van der Waals surface area contributed by atoms with Gasteiger partial charge in [0.1, 0.15) is 0 Å². The van der Waals surface area contributed by atoms with Gasteiger partial charge in [-0.3, -0.25) is 4.79 Å². The number of ether oxygens (including phenoxy) is 1. The van der Waals surface area contributed by atoms with Gasteiger partial charge < -0.3 is 9.64 Å². The Morgan fingerprint density at radius 3 is 2.53 bits per heavy atom. The predicted molar refractivity (Wildman–Crippen MR) is 61.9 cm³/mol. The van der Waals surface area contributed by atoms with Crippen LogP contribution in [0.4, 0.5) is 0 Å². The number of esters is 1. The van der Waals surface area contributed by atoms with Gasteiger partial charge in [0, 0.05) is 13.1 Å². The molecule has 1 amide bonds. The first-order chi connectivity index (χ1) is 7.04. The number of thioether (sulfide) groups is 1. The van der Waals surface area contributed by atoms with E-state index in [1.54, 1.807) is 25.7 Å². The number of likely N-dealkylation sites (N-methyl/N-ethyl adjacent to an activating group) is 1. The summed E-state index contributed by atoms with van der Waals surface area (Å²) >= 11 is 1.72. The third-order valence-electron chi connectivity index (χ3n) is 2.17. The molecular weight excluding hydrogens is 214 g/mol. The molecule has 1 atom stereocenters. The van der Waals surface area contributed by atoms with Crippen LogP contribution in [0.3, 0.4) is 0 Å². The van der Waals surface area contributed by atoms with Crippen LogP contribution in [-0.2, 0) is 14.3 Å². The lowest BCUT2D eigenvalue weighted by atomic mass is 10.2. The smallest absolute Gasteiger partial charge is 0.397 e. The number of nitrogens with zero attached hydrogens (tertiary/aromatic N) is 1. The number of hydrogen-bond donors (Lipinski definition) is 0. The topological polar surface area (TPSA) is 46.6 Å². The molecule has 0 radical (unpaired) electrons. The summed E-state index contributed by atoms with van der Waals surface area (Å²) in [7, 11) is 1.63. The summed E-state index contributed by atoms with van der Waals surface area (Å²) < 4.78 is 4.64. The summed E-state index contributed by atoms with van der Waals surface area (Å²) in [5.41, 5.74) is 0. The molecule has 0 aliphatic rings. The lowest BCUT2D eigenvalue weighted by Crippen LogP contribution is -2.40. The summed E-state index contributed by atoms with van der Waals surface area (Å²) in [5, 5.41) is 0. The predicted octanol–water partition coefficient (Wildman–Crippen LogP) is 1.15. The first-order valence-electron chi connectivity index (χ1n) is 4.97. The van der Waals surface area contributed by atoms with Crippen LogP contribution in [0.1, 0.15) is 20.3 Å². The van der Waals surface area contributed by atoms with Gasteiger partial charge in [-0.05, 0) is 32.3 Å². The minimum absolute atomic E-state index is 0.0642. The van der Waals surface area contributed by atoms with E-state index in [-0.39, 0.29) is 12.6 Å². The minimum atomic E-state index is -0.768. The van der Waals surface area contributed by atoms with Crippen LogP contribution in [-0.4, -0.2) is 48.5 Å². The quantitative estimate of drug-likeness (QED) is 0.528. The van der Waals surface area contributed by atoms with Gasteiger partial charge >= 0.3 is 11.9 Å². The summed E-state index contributed by atoms with van der Waals surface area (Å²) in [5.74, 6) is -0.358. The molecule has 0 aliphatic carbocycles. The first kappa shape index (κ1) is 14.3. The third-order valence-corrected chi connectivity index (χ3v) is 2.82. The zero-order valence-corrected chi connectivity index (χ0v) is 10.6. The van der Waals surface area contributed by atoms with Crippen LogP contribution in [0.5, 0.6) is 0 Å². The Morgan fingerprint density at radius 2 is 2.07 bits per heavy atom. The van der Waals surface area contributed by atoms with Crippen molar-refractivity contribution in [2.45, 2.75) is 26.3 Å². The van der Waals surface area contributed by atoms with Crippen molar-refractivity contribution in [3.63, 3.8) is 0 Å². The van der Waals surface area contributed by atoms with Gasteiger partial charge in [-0.15, -0.1) is 0 Å². The van der Waals surface area contributed by atoms with Crippen LogP contribution in [0, 0.1) is 0 Å². The number of rotatable bonds is 5. The average Bonchev–Trinajstić information content (AvgIpc) is 2.24. The molecule has 0 aromatic carbocycles. The molecule has 0 heterocycles. The van der Waals surface area contributed by atoms with Crippen LogP contribution in [0.2, 0.25) is 0 Å². The summed E-state index contributed by atoms with van der Waals surface area (Å²) in [6.45, 7) is 3.84. The Kier molecular flexibility index (Phi) is 7.21. The Hall–Kier alpha value is -0.710. The molecule has 0 spiro atoms. The molecular formula is C10H19NO3S. The molecule has 0 N–H and O–H groups in total. The molecule has 0 saturated carbocycles. The highest BCUT2D eigenvalue weighted by atomic mass is 32.2. The van der Waals surface area contributed by atoms with Gasteiger partial charge in [-0.2, -0.15) is 11.8 Å². The van der Waals surface area contributed by atoms with Crippen molar-refractivity contribution in [1.29, 1.82) is 0 Å².